The second kappa shape index (κ2) is 11.1. The Morgan fingerprint density at radius 1 is 0.919 bits per heavy atom. The Balaban J connectivity index is 1.82. The average Bonchev–Trinajstić information content (AvgIpc) is 2.91. The van der Waals surface area contributed by atoms with Gasteiger partial charge in [-0.2, -0.15) is 0 Å². The van der Waals surface area contributed by atoms with Crippen LogP contribution in [0.2, 0.25) is 0 Å². The lowest BCUT2D eigenvalue weighted by Crippen LogP contribution is -2.38. The summed E-state index contributed by atoms with van der Waals surface area (Å²) in [5.74, 6) is 0.543. The Kier molecular flexibility index (Phi) is 7.86. The number of esters is 1. The molecule has 4 rings (SSSR count). The van der Waals surface area contributed by atoms with Crippen LogP contribution in [-0.2, 0) is 14.3 Å². The standard InChI is InChI=1S/C29H33NO7/c1-7-37-29(32)26-16(2)30-21-12-18(17-8-11-23(34-4)25(14-17)36-6)13-22(31)28(21)27(26)20-10-9-19(33-3)15-24(20)35-5/h8-11,14-15,18,26-27H,7,12-13H2,1-6H3/t18-,26?,27-/m1/s1. The number of ether oxygens (including phenoxy) is 5. The minimum atomic E-state index is -0.734. The third kappa shape index (κ3) is 4.92. The number of carbonyl (C=O) groups is 2. The molecule has 3 atom stereocenters. The van der Waals surface area contributed by atoms with Gasteiger partial charge in [-0.3, -0.25) is 14.6 Å². The zero-order chi connectivity index (χ0) is 26.7. The van der Waals surface area contributed by atoms with Crippen molar-refractivity contribution >= 4 is 17.5 Å². The van der Waals surface area contributed by atoms with Gasteiger partial charge in [0.15, 0.2) is 17.3 Å². The summed E-state index contributed by atoms with van der Waals surface area (Å²) in [7, 11) is 6.32. The number of allylic oxidation sites excluding steroid dienone is 2. The molecule has 0 aromatic heterocycles. The van der Waals surface area contributed by atoms with E-state index in [9.17, 15) is 9.59 Å². The van der Waals surface area contributed by atoms with Crippen LogP contribution in [0.1, 0.15) is 49.7 Å². The minimum absolute atomic E-state index is 0.0468. The topological polar surface area (TPSA) is 92.7 Å². The number of hydrogen-bond acceptors (Lipinski definition) is 8. The van der Waals surface area contributed by atoms with Gasteiger partial charge in [0.2, 0.25) is 0 Å². The SMILES string of the molecule is CCOC(=O)C1C(C)=NC2=C(C(=O)C[C@H](c3ccc(OC)c(OC)c3)C2)[C@@H]1c1ccc(OC)cc1OC. The molecule has 1 heterocycles. The van der Waals surface area contributed by atoms with E-state index in [-0.39, 0.29) is 24.7 Å². The summed E-state index contributed by atoms with van der Waals surface area (Å²) in [5, 5.41) is 0. The highest BCUT2D eigenvalue weighted by Crippen LogP contribution is 2.49. The Labute approximate surface area is 217 Å². The molecule has 0 saturated carbocycles. The number of aliphatic imine (C=N–C) groups is 1. The summed E-state index contributed by atoms with van der Waals surface area (Å²) in [4.78, 5) is 31.8. The zero-order valence-corrected chi connectivity index (χ0v) is 22.1. The van der Waals surface area contributed by atoms with Gasteiger partial charge >= 0.3 is 5.97 Å². The van der Waals surface area contributed by atoms with Crippen molar-refractivity contribution in [2.45, 2.75) is 38.5 Å². The van der Waals surface area contributed by atoms with Crippen LogP contribution in [0, 0.1) is 5.92 Å². The monoisotopic (exact) mass is 507 g/mol. The first kappa shape index (κ1) is 26.3. The van der Waals surface area contributed by atoms with Crippen LogP contribution in [0.15, 0.2) is 52.7 Å². The molecule has 0 N–H and O–H groups in total. The summed E-state index contributed by atoms with van der Waals surface area (Å²) in [6, 6.07) is 11.1. The van der Waals surface area contributed by atoms with E-state index in [4.69, 9.17) is 28.7 Å². The summed E-state index contributed by atoms with van der Waals surface area (Å²) in [6.07, 6.45) is 0.839. The molecule has 37 heavy (non-hydrogen) atoms. The number of Topliss-reactive ketones (excluding diaryl/α,β-unsaturated/α-hetero) is 1. The molecule has 0 bridgehead atoms. The number of nitrogens with zero attached hydrogens (tertiary/aromatic N) is 1. The highest BCUT2D eigenvalue weighted by Gasteiger charge is 2.45. The normalized spacial score (nSPS) is 21.1. The van der Waals surface area contributed by atoms with Crippen molar-refractivity contribution in [2.75, 3.05) is 35.0 Å². The zero-order valence-electron chi connectivity index (χ0n) is 22.1. The van der Waals surface area contributed by atoms with Gasteiger partial charge in [0, 0.05) is 41.0 Å². The van der Waals surface area contributed by atoms with Gasteiger partial charge in [0.1, 0.15) is 17.4 Å². The van der Waals surface area contributed by atoms with E-state index in [0.717, 1.165) is 11.1 Å². The molecule has 0 fully saturated rings. The number of ketones is 1. The Morgan fingerprint density at radius 2 is 1.65 bits per heavy atom. The highest BCUT2D eigenvalue weighted by atomic mass is 16.5. The van der Waals surface area contributed by atoms with Crippen LogP contribution >= 0.6 is 0 Å². The first-order valence-electron chi connectivity index (χ1n) is 12.3. The Bertz CT molecular complexity index is 1260. The van der Waals surface area contributed by atoms with Crippen molar-refractivity contribution in [3.8, 4) is 23.0 Å². The van der Waals surface area contributed by atoms with E-state index in [1.807, 2.05) is 31.2 Å². The maximum absolute atomic E-state index is 13.8. The number of hydrogen-bond donors (Lipinski definition) is 0. The highest BCUT2D eigenvalue weighted by molar-refractivity contribution is 6.09. The molecule has 1 unspecified atom stereocenters. The summed E-state index contributed by atoms with van der Waals surface area (Å²) in [5.41, 5.74) is 3.54. The molecule has 196 valence electrons. The molecule has 2 aliphatic rings. The van der Waals surface area contributed by atoms with Gasteiger partial charge < -0.3 is 23.7 Å². The van der Waals surface area contributed by atoms with Crippen molar-refractivity contribution in [2.24, 2.45) is 10.9 Å². The van der Waals surface area contributed by atoms with Crippen molar-refractivity contribution < 1.29 is 33.3 Å². The average molecular weight is 508 g/mol. The lowest BCUT2D eigenvalue weighted by molar-refractivity contribution is -0.146. The van der Waals surface area contributed by atoms with E-state index in [1.165, 1.54) is 0 Å². The largest absolute Gasteiger partial charge is 0.497 e. The van der Waals surface area contributed by atoms with Gasteiger partial charge in [-0.15, -0.1) is 0 Å². The molecule has 8 nitrogen and oxygen atoms in total. The quantitative estimate of drug-likeness (QED) is 0.471. The van der Waals surface area contributed by atoms with Crippen LogP contribution in [0.4, 0.5) is 0 Å². The maximum Gasteiger partial charge on any atom is 0.315 e. The minimum Gasteiger partial charge on any atom is -0.497 e. The van der Waals surface area contributed by atoms with Gasteiger partial charge in [-0.05, 0) is 49.9 Å². The fourth-order valence-electron chi connectivity index (χ4n) is 5.35. The molecule has 0 saturated heterocycles. The molecule has 1 aliphatic carbocycles. The molecule has 2 aromatic rings. The Hall–Kier alpha value is -3.81. The summed E-state index contributed by atoms with van der Waals surface area (Å²) < 4.78 is 27.3. The molecule has 0 spiro atoms. The predicted octanol–water partition coefficient (Wildman–Crippen LogP) is 4.86. The fourth-order valence-corrected chi connectivity index (χ4v) is 5.35. The molecular weight excluding hydrogens is 474 g/mol. The van der Waals surface area contributed by atoms with E-state index in [2.05, 4.69) is 0 Å². The number of carbonyl (C=O) groups excluding carboxylic acids is 2. The second-order valence-electron chi connectivity index (χ2n) is 9.07. The summed E-state index contributed by atoms with van der Waals surface area (Å²) in [6.45, 7) is 3.82. The smallest absolute Gasteiger partial charge is 0.315 e. The molecular formula is C29H33NO7. The fraction of sp³-hybridized carbons (Fsp3) is 0.414. The van der Waals surface area contributed by atoms with Crippen molar-refractivity contribution in [3.05, 3.63) is 58.8 Å². The van der Waals surface area contributed by atoms with E-state index >= 15 is 0 Å². The van der Waals surface area contributed by atoms with E-state index in [1.54, 1.807) is 47.5 Å². The van der Waals surface area contributed by atoms with Gasteiger partial charge in [-0.1, -0.05) is 12.1 Å². The first-order valence-corrected chi connectivity index (χ1v) is 12.3. The number of benzene rings is 2. The van der Waals surface area contributed by atoms with Crippen LogP contribution < -0.4 is 18.9 Å². The predicted molar refractivity (Wildman–Crippen MR) is 139 cm³/mol. The number of rotatable bonds is 8. The molecule has 8 heteroatoms. The van der Waals surface area contributed by atoms with Crippen LogP contribution in [0.3, 0.4) is 0 Å². The third-order valence-electron chi connectivity index (χ3n) is 7.08. The van der Waals surface area contributed by atoms with Crippen LogP contribution in [0.25, 0.3) is 0 Å². The van der Waals surface area contributed by atoms with Crippen molar-refractivity contribution in [1.29, 1.82) is 0 Å². The molecule has 2 aromatic carbocycles. The molecule has 0 amide bonds. The Morgan fingerprint density at radius 3 is 2.30 bits per heavy atom. The van der Waals surface area contributed by atoms with E-state index < -0.39 is 17.8 Å². The lowest BCUT2D eigenvalue weighted by atomic mass is 9.69. The second-order valence-corrected chi connectivity index (χ2v) is 9.07. The van der Waals surface area contributed by atoms with Gasteiger partial charge in [-0.25, -0.2) is 0 Å². The molecule has 1 aliphatic heterocycles. The van der Waals surface area contributed by atoms with Crippen molar-refractivity contribution in [1.82, 2.24) is 0 Å². The number of methoxy groups -OCH3 is 4. The summed E-state index contributed by atoms with van der Waals surface area (Å²) >= 11 is 0. The molecule has 0 radical (unpaired) electrons. The van der Waals surface area contributed by atoms with Crippen LogP contribution in [0.5, 0.6) is 23.0 Å². The maximum atomic E-state index is 13.8. The van der Waals surface area contributed by atoms with Gasteiger partial charge in [0.05, 0.1) is 35.0 Å². The van der Waals surface area contributed by atoms with Gasteiger partial charge in [0.25, 0.3) is 0 Å². The van der Waals surface area contributed by atoms with Crippen LogP contribution in [-0.4, -0.2) is 52.5 Å². The first-order chi connectivity index (χ1) is 17.9. The van der Waals surface area contributed by atoms with E-state index in [0.29, 0.717) is 46.4 Å². The lowest BCUT2D eigenvalue weighted by Gasteiger charge is -2.37. The third-order valence-corrected chi connectivity index (χ3v) is 7.08. The van der Waals surface area contributed by atoms with Crippen molar-refractivity contribution in [3.63, 3.8) is 0 Å².